The third kappa shape index (κ3) is 12.2. The van der Waals surface area contributed by atoms with Gasteiger partial charge in [0, 0.05) is 19.6 Å². The second-order valence-corrected chi connectivity index (χ2v) is 13.8. The van der Waals surface area contributed by atoms with E-state index in [1.807, 2.05) is 47.0 Å². The topological polar surface area (TPSA) is 0 Å². The standard InChI is InChI=1S/2C19H15S2.Cu.Li/c2*1-4-10-16(11-5-1)19(20-17-12-6-2-7-13-17)21-18-14-8-3-9-15-18;;/h2*1-15H;;/q2*-1;2*+1. The first-order chi connectivity index (χ1) is 20.8. The van der Waals surface area contributed by atoms with E-state index in [-0.39, 0.29) is 35.9 Å². The number of thioether (sulfide) groups is 4. The van der Waals surface area contributed by atoms with E-state index in [0.717, 1.165) is 0 Å². The van der Waals surface area contributed by atoms with Gasteiger partial charge in [-0.3, -0.25) is 0 Å². The summed E-state index contributed by atoms with van der Waals surface area (Å²) in [7, 11) is 0. The fraction of sp³-hybridized carbons (Fsp3) is 0. The molecule has 0 nitrogen and oxygen atoms in total. The Balaban J connectivity index is 0.000000230. The molecule has 0 radical (unpaired) electrons. The van der Waals surface area contributed by atoms with E-state index < -0.39 is 0 Å². The van der Waals surface area contributed by atoms with E-state index in [4.69, 9.17) is 0 Å². The summed E-state index contributed by atoms with van der Waals surface area (Å²) in [5, 5.41) is 0. The Morgan fingerprint density at radius 2 is 0.455 bits per heavy atom. The quantitative estimate of drug-likeness (QED) is 0.0801. The summed E-state index contributed by atoms with van der Waals surface area (Å²) in [6, 6.07) is 63.2. The number of hydrogen-bond acceptors (Lipinski definition) is 4. The van der Waals surface area contributed by atoms with E-state index in [1.54, 1.807) is 0 Å². The molecular formula is C38H30CuLiS4. The molecule has 0 aliphatic heterocycles. The van der Waals surface area contributed by atoms with Gasteiger partial charge in [0.15, 0.2) is 0 Å². The molecule has 0 heterocycles. The minimum Gasteiger partial charge on any atom is -0.168 e. The predicted molar refractivity (Wildman–Crippen MR) is 187 cm³/mol. The summed E-state index contributed by atoms with van der Waals surface area (Å²) in [5.41, 5.74) is 2.53. The zero-order valence-electron chi connectivity index (χ0n) is 24.3. The van der Waals surface area contributed by atoms with Gasteiger partial charge in [-0.1, -0.05) is 94.1 Å². The fourth-order valence-electron chi connectivity index (χ4n) is 3.81. The molecule has 0 bridgehead atoms. The molecular weight excluding hydrogens is 655 g/mol. The Morgan fingerprint density at radius 3 is 0.659 bits per heavy atom. The molecule has 6 aromatic carbocycles. The Labute approximate surface area is 302 Å². The van der Waals surface area contributed by atoms with Crippen LogP contribution < -0.4 is 18.9 Å². The maximum absolute atomic E-state index is 2.17. The van der Waals surface area contributed by atoms with Crippen LogP contribution in [0.25, 0.3) is 0 Å². The molecule has 6 aromatic rings. The van der Waals surface area contributed by atoms with Crippen LogP contribution in [-0.4, -0.2) is 0 Å². The van der Waals surface area contributed by atoms with E-state index in [1.165, 1.54) is 39.9 Å². The summed E-state index contributed by atoms with van der Waals surface area (Å²) in [5.74, 6) is 0. The van der Waals surface area contributed by atoms with Crippen molar-refractivity contribution in [1.29, 1.82) is 0 Å². The maximum atomic E-state index is 2.17. The van der Waals surface area contributed by atoms with Gasteiger partial charge in [-0.2, -0.15) is 82.4 Å². The van der Waals surface area contributed by atoms with Crippen molar-refractivity contribution >= 4 is 47.0 Å². The van der Waals surface area contributed by atoms with Crippen LogP contribution in [0.5, 0.6) is 0 Å². The van der Waals surface area contributed by atoms with Gasteiger partial charge in [-0.05, 0) is 48.5 Å². The van der Waals surface area contributed by atoms with Crippen LogP contribution in [0.4, 0.5) is 0 Å². The number of rotatable bonds is 10. The first-order valence-corrected chi connectivity index (χ1v) is 16.9. The molecule has 0 aliphatic rings. The van der Waals surface area contributed by atoms with Crippen molar-refractivity contribution in [3.8, 4) is 0 Å². The van der Waals surface area contributed by atoms with E-state index >= 15 is 0 Å². The summed E-state index contributed by atoms with van der Waals surface area (Å²) >= 11 is 7.27. The van der Waals surface area contributed by atoms with Crippen molar-refractivity contribution in [3.63, 3.8) is 0 Å². The minimum absolute atomic E-state index is 0. The molecule has 0 aliphatic carbocycles. The summed E-state index contributed by atoms with van der Waals surface area (Å²) in [6.07, 6.45) is 0. The average Bonchev–Trinajstić information content (AvgIpc) is 3.07. The van der Waals surface area contributed by atoms with Crippen molar-refractivity contribution in [2.75, 3.05) is 0 Å². The van der Waals surface area contributed by atoms with Gasteiger partial charge in [0.05, 0.1) is 0 Å². The smallest absolute Gasteiger partial charge is 0.168 e. The maximum Gasteiger partial charge on any atom is 1.00 e. The van der Waals surface area contributed by atoms with Crippen molar-refractivity contribution < 1.29 is 35.9 Å². The van der Waals surface area contributed by atoms with Gasteiger partial charge < -0.3 is 0 Å². The number of hydrogen-bond donors (Lipinski definition) is 0. The SMILES string of the molecule is [Cu+].[Li+].c1ccc(S[C-](Sc2ccccc2)c2ccccc2)cc1.c1ccc(S[C-](Sc2ccccc2)c2ccccc2)cc1. The Kier molecular flexibility index (Phi) is 16.9. The van der Waals surface area contributed by atoms with Gasteiger partial charge in [0.2, 0.25) is 0 Å². The summed E-state index contributed by atoms with van der Waals surface area (Å²) < 4.78 is 2.60. The second-order valence-electron chi connectivity index (χ2n) is 8.97. The van der Waals surface area contributed by atoms with Crippen LogP contribution in [0.1, 0.15) is 11.1 Å². The first kappa shape index (κ1) is 36.0. The molecule has 6 rings (SSSR count). The van der Waals surface area contributed by atoms with Crippen molar-refractivity contribution in [2.45, 2.75) is 19.6 Å². The molecule has 0 unspecified atom stereocenters. The monoisotopic (exact) mass is 684 g/mol. The summed E-state index contributed by atoms with van der Waals surface area (Å²) in [6.45, 7) is 0. The normalized spacial score (nSPS) is 9.82. The van der Waals surface area contributed by atoms with Crippen LogP contribution in [0.15, 0.2) is 202 Å². The zero-order valence-corrected chi connectivity index (χ0v) is 28.5. The van der Waals surface area contributed by atoms with Crippen molar-refractivity contribution in [2.24, 2.45) is 0 Å². The van der Waals surface area contributed by atoms with Crippen LogP contribution in [-0.2, 0) is 17.1 Å². The molecule has 6 heteroatoms. The Bertz CT molecular complexity index is 1360. The number of benzene rings is 6. The molecule has 0 N–H and O–H groups in total. The molecule has 0 saturated heterocycles. The third-order valence-corrected chi connectivity index (χ3v) is 10.5. The van der Waals surface area contributed by atoms with Gasteiger partial charge >= 0.3 is 35.9 Å². The van der Waals surface area contributed by atoms with Crippen LogP contribution in [0.3, 0.4) is 0 Å². The van der Waals surface area contributed by atoms with E-state index in [2.05, 4.69) is 182 Å². The van der Waals surface area contributed by atoms with Crippen LogP contribution in [0.2, 0.25) is 0 Å². The van der Waals surface area contributed by atoms with Gasteiger partial charge in [-0.15, -0.1) is 24.3 Å². The van der Waals surface area contributed by atoms with Gasteiger partial charge in [0.1, 0.15) is 0 Å². The largest absolute Gasteiger partial charge is 1.00 e. The Morgan fingerprint density at radius 1 is 0.273 bits per heavy atom. The Hall–Kier alpha value is -2.42. The molecule has 218 valence electrons. The molecule has 0 spiro atoms. The van der Waals surface area contributed by atoms with Crippen LogP contribution in [0, 0.1) is 9.16 Å². The fourth-order valence-corrected chi connectivity index (χ4v) is 8.34. The molecule has 0 amide bonds. The zero-order chi connectivity index (χ0) is 28.7. The molecule has 0 fully saturated rings. The van der Waals surface area contributed by atoms with E-state index in [9.17, 15) is 0 Å². The van der Waals surface area contributed by atoms with Crippen molar-refractivity contribution in [1.82, 2.24) is 0 Å². The van der Waals surface area contributed by atoms with Gasteiger partial charge in [0.25, 0.3) is 0 Å². The second kappa shape index (κ2) is 20.6. The van der Waals surface area contributed by atoms with Gasteiger partial charge in [-0.25, -0.2) is 0 Å². The minimum atomic E-state index is 0. The molecule has 0 aromatic heterocycles. The first-order valence-electron chi connectivity index (χ1n) is 13.6. The summed E-state index contributed by atoms with van der Waals surface area (Å²) in [4.78, 5) is 5.05. The van der Waals surface area contributed by atoms with Crippen molar-refractivity contribution in [3.05, 3.63) is 202 Å². The van der Waals surface area contributed by atoms with E-state index in [0.29, 0.717) is 0 Å². The average molecular weight is 685 g/mol. The van der Waals surface area contributed by atoms with Crippen LogP contribution >= 0.6 is 47.0 Å². The molecule has 0 saturated carbocycles. The predicted octanol–water partition coefficient (Wildman–Crippen LogP) is 9.22. The third-order valence-electron chi connectivity index (χ3n) is 5.83. The molecule has 0 atom stereocenters. The molecule has 44 heavy (non-hydrogen) atoms.